The highest BCUT2D eigenvalue weighted by Gasteiger charge is 2.29. The second-order valence-electron chi connectivity index (χ2n) is 6.67. The number of aromatic nitrogens is 2. The van der Waals surface area contributed by atoms with Crippen molar-refractivity contribution >= 4 is 6.09 Å². The Morgan fingerprint density at radius 1 is 1.52 bits per heavy atom. The smallest absolute Gasteiger partial charge is 0.410 e. The monoisotopic (exact) mass is 294 g/mol. The van der Waals surface area contributed by atoms with Crippen LogP contribution in [0.15, 0.2) is 6.20 Å². The molecule has 0 aliphatic carbocycles. The summed E-state index contributed by atoms with van der Waals surface area (Å²) in [4.78, 5) is 13.8. The third-order valence-corrected chi connectivity index (χ3v) is 3.76. The maximum Gasteiger partial charge on any atom is 0.410 e. The minimum Gasteiger partial charge on any atom is -0.444 e. The minimum absolute atomic E-state index is 0.218. The van der Waals surface area contributed by atoms with Gasteiger partial charge < -0.3 is 15.0 Å². The van der Waals surface area contributed by atoms with Crippen LogP contribution in [0.4, 0.5) is 4.79 Å². The van der Waals surface area contributed by atoms with Gasteiger partial charge in [-0.2, -0.15) is 5.10 Å². The largest absolute Gasteiger partial charge is 0.444 e. The number of hydrogen-bond acceptors (Lipinski definition) is 4. The van der Waals surface area contributed by atoms with Crippen molar-refractivity contribution in [3.63, 3.8) is 0 Å². The Bertz CT molecular complexity index is 504. The average molecular weight is 294 g/mol. The number of aryl methyl sites for hydroxylation is 1. The molecule has 118 valence electrons. The van der Waals surface area contributed by atoms with Gasteiger partial charge >= 0.3 is 6.09 Å². The third kappa shape index (κ3) is 4.20. The number of amides is 1. The first-order valence-electron chi connectivity index (χ1n) is 7.45. The summed E-state index contributed by atoms with van der Waals surface area (Å²) in [7, 11) is 1.94. The van der Waals surface area contributed by atoms with Crippen molar-refractivity contribution in [3.8, 4) is 0 Å². The lowest BCUT2D eigenvalue weighted by molar-refractivity contribution is 0.0291. The molecule has 1 amide bonds. The van der Waals surface area contributed by atoms with E-state index in [9.17, 15) is 4.79 Å². The summed E-state index contributed by atoms with van der Waals surface area (Å²) in [5.41, 5.74) is 1.94. The number of carbonyl (C=O) groups excluding carboxylic acids is 1. The van der Waals surface area contributed by atoms with E-state index in [4.69, 9.17) is 4.74 Å². The van der Waals surface area contributed by atoms with Crippen molar-refractivity contribution in [1.29, 1.82) is 0 Å². The molecule has 2 heterocycles. The lowest BCUT2D eigenvalue weighted by atomic mass is 10.2. The fraction of sp³-hybridized carbons (Fsp3) is 0.733. The van der Waals surface area contributed by atoms with Crippen molar-refractivity contribution in [2.24, 2.45) is 7.05 Å². The van der Waals surface area contributed by atoms with E-state index >= 15 is 0 Å². The van der Waals surface area contributed by atoms with Crippen LogP contribution in [0.25, 0.3) is 0 Å². The normalized spacial score (nSPS) is 19.1. The molecule has 0 saturated carbocycles. The second kappa shape index (κ2) is 6.05. The summed E-state index contributed by atoms with van der Waals surface area (Å²) in [5, 5.41) is 7.73. The number of hydrogen-bond donors (Lipinski definition) is 1. The quantitative estimate of drug-likeness (QED) is 0.924. The third-order valence-electron chi connectivity index (χ3n) is 3.76. The van der Waals surface area contributed by atoms with E-state index in [1.807, 2.05) is 38.7 Å². The molecule has 2 rings (SSSR count). The van der Waals surface area contributed by atoms with Gasteiger partial charge in [0, 0.05) is 44.0 Å². The van der Waals surface area contributed by atoms with Crippen LogP contribution in [0.1, 0.15) is 38.4 Å². The van der Waals surface area contributed by atoms with Crippen LogP contribution in [0.5, 0.6) is 0 Å². The maximum atomic E-state index is 12.0. The Hall–Kier alpha value is -1.56. The molecule has 1 atom stereocenters. The van der Waals surface area contributed by atoms with Gasteiger partial charge in [-0.05, 0) is 34.1 Å². The zero-order valence-corrected chi connectivity index (χ0v) is 13.6. The highest BCUT2D eigenvalue weighted by Crippen LogP contribution is 2.16. The molecule has 0 radical (unpaired) electrons. The Morgan fingerprint density at radius 2 is 2.24 bits per heavy atom. The van der Waals surface area contributed by atoms with Gasteiger partial charge in [0.05, 0.1) is 6.20 Å². The van der Waals surface area contributed by atoms with Crippen LogP contribution in [0.3, 0.4) is 0 Å². The van der Waals surface area contributed by atoms with Gasteiger partial charge in [0.25, 0.3) is 0 Å². The molecule has 1 aliphatic rings. The first-order chi connectivity index (χ1) is 9.76. The first kappa shape index (κ1) is 15.8. The SMILES string of the molecule is Cc1c(CNC2CCN(C(=O)OC(C)(C)C)C2)cnn1C. The number of carbonyl (C=O) groups is 1. The summed E-state index contributed by atoms with van der Waals surface area (Å²) in [6, 6.07) is 0.317. The second-order valence-corrected chi connectivity index (χ2v) is 6.67. The fourth-order valence-corrected chi connectivity index (χ4v) is 2.39. The minimum atomic E-state index is -0.435. The molecule has 6 nitrogen and oxygen atoms in total. The van der Waals surface area contributed by atoms with Crippen LogP contribution in [0.2, 0.25) is 0 Å². The van der Waals surface area contributed by atoms with Crippen LogP contribution in [-0.4, -0.2) is 45.5 Å². The van der Waals surface area contributed by atoms with Crippen molar-refractivity contribution in [3.05, 3.63) is 17.5 Å². The summed E-state index contributed by atoms with van der Waals surface area (Å²) < 4.78 is 7.27. The summed E-state index contributed by atoms with van der Waals surface area (Å²) in [6.07, 6.45) is 2.63. The number of nitrogens with zero attached hydrogens (tertiary/aromatic N) is 3. The maximum absolute atomic E-state index is 12.0. The molecular weight excluding hydrogens is 268 g/mol. The highest BCUT2D eigenvalue weighted by molar-refractivity contribution is 5.68. The van der Waals surface area contributed by atoms with E-state index in [0.29, 0.717) is 12.6 Å². The molecule has 0 aromatic carbocycles. The zero-order valence-electron chi connectivity index (χ0n) is 13.6. The lowest BCUT2D eigenvalue weighted by Crippen LogP contribution is -2.38. The number of ether oxygens (including phenoxy) is 1. The molecule has 0 bridgehead atoms. The molecule has 1 fully saturated rings. The van der Waals surface area contributed by atoms with Gasteiger partial charge in [0.15, 0.2) is 0 Å². The van der Waals surface area contributed by atoms with E-state index < -0.39 is 5.60 Å². The van der Waals surface area contributed by atoms with E-state index in [1.54, 1.807) is 4.90 Å². The molecule has 21 heavy (non-hydrogen) atoms. The first-order valence-corrected chi connectivity index (χ1v) is 7.45. The van der Waals surface area contributed by atoms with Crippen molar-refractivity contribution in [1.82, 2.24) is 20.0 Å². The Morgan fingerprint density at radius 3 is 2.81 bits per heavy atom. The van der Waals surface area contributed by atoms with Crippen molar-refractivity contribution in [2.75, 3.05) is 13.1 Å². The highest BCUT2D eigenvalue weighted by atomic mass is 16.6. The molecule has 1 N–H and O–H groups in total. The van der Waals surface area contributed by atoms with Crippen molar-refractivity contribution in [2.45, 2.75) is 52.3 Å². The van der Waals surface area contributed by atoms with Gasteiger partial charge in [-0.3, -0.25) is 4.68 Å². The van der Waals surface area contributed by atoms with E-state index in [-0.39, 0.29) is 6.09 Å². The summed E-state index contributed by atoms with van der Waals surface area (Å²) >= 11 is 0. The Kier molecular flexibility index (Phi) is 4.56. The molecule has 1 aromatic heterocycles. The molecule has 1 unspecified atom stereocenters. The Labute approximate surface area is 126 Å². The topological polar surface area (TPSA) is 59.4 Å². The molecule has 0 spiro atoms. The van der Waals surface area contributed by atoms with Gasteiger partial charge in [0.2, 0.25) is 0 Å². The number of likely N-dealkylation sites (tertiary alicyclic amines) is 1. The molecule has 1 saturated heterocycles. The van der Waals surface area contributed by atoms with E-state index in [1.165, 1.54) is 11.3 Å². The Balaban J connectivity index is 1.80. The standard InChI is InChI=1S/C15H26N4O2/c1-11-12(9-17-18(11)5)8-16-13-6-7-19(10-13)14(20)21-15(2,3)4/h9,13,16H,6-8,10H2,1-5H3. The molecule has 6 heteroatoms. The van der Waals surface area contributed by atoms with Crippen molar-refractivity contribution < 1.29 is 9.53 Å². The molecular formula is C15H26N4O2. The zero-order chi connectivity index (χ0) is 15.6. The number of rotatable bonds is 3. The van der Waals surface area contributed by atoms with Gasteiger partial charge in [-0.1, -0.05) is 0 Å². The predicted octanol–water partition coefficient (Wildman–Crippen LogP) is 1.83. The van der Waals surface area contributed by atoms with Crippen LogP contribution in [-0.2, 0) is 18.3 Å². The van der Waals surface area contributed by atoms with E-state index in [2.05, 4.69) is 17.3 Å². The van der Waals surface area contributed by atoms with Crippen LogP contribution in [0, 0.1) is 6.92 Å². The van der Waals surface area contributed by atoms with Gasteiger partial charge in [-0.15, -0.1) is 0 Å². The van der Waals surface area contributed by atoms with Crippen LogP contribution >= 0.6 is 0 Å². The summed E-state index contributed by atoms with van der Waals surface area (Å²) in [5.74, 6) is 0. The molecule has 1 aromatic rings. The summed E-state index contributed by atoms with van der Waals surface area (Å²) in [6.45, 7) is 9.97. The van der Waals surface area contributed by atoms with E-state index in [0.717, 1.165) is 19.5 Å². The molecule has 1 aliphatic heterocycles. The predicted molar refractivity (Wildman–Crippen MR) is 81.0 cm³/mol. The average Bonchev–Trinajstić information content (AvgIpc) is 2.95. The number of nitrogens with one attached hydrogen (secondary N) is 1. The fourth-order valence-electron chi connectivity index (χ4n) is 2.39. The van der Waals surface area contributed by atoms with Gasteiger partial charge in [0.1, 0.15) is 5.60 Å². The van der Waals surface area contributed by atoms with Gasteiger partial charge in [-0.25, -0.2) is 4.79 Å². The lowest BCUT2D eigenvalue weighted by Gasteiger charge is -2.24. The van der Waals surface area contributed by atoms with Crippen LogP contribution < -0.4 is 5.32 Å².